The van der Waals surface area contributed by atoms with E-state index in [2.05, 4.69) is 5.32 Å². The number of rotatable bonds is 5. The number of hydrogen-bond acceptors (Lipinski definition) is 4. The van der Waals surface area contributed by atoms with Gasteiger partial charge in [-0.05, 0) is 36.1 Å². The monoisotopic (exact) mass is 328 g/mol. The van der Waals surface area contributed by atoms with E-state index in [1.54, 1.807) is 31.2 Å². The molecule has 2 aromatic rings. The molecule has 1 amide bonds. The van der Waals surface area contributed by atoms with Gasteiger partial charge in [-0.2, -0.15) is 0 Å². The minimum atomic E-state index is -0.476. The average molecular weight is 328 g/mol. The lowest BCUT2D eigenvalue weighted by molar-refractivity contribution is -0.384. The van der Waals surface area contributed by atoms with Crippen LogP contribution in [-0.4, -0.2) is 15.9 Å². The van der Waals surface area contributed by atoms with Gasteiger partial charge >= 0.3 is 0 Å². The van der Waals surface area contributed by atoms with Gasteiger partial charge in [-0.15, -0.1) is 0 Å². The molecule has 126 valence electrons. The second-order valence-electron chi connectivity index (χ2n) is 5.98. The van der Waals surface area contributed by atoms with Crippen molar-refractivity contribution in [1.82, 2.24) is 5.32 Å². The van der Waals surface area contributed by atoms with Crippen LogP contribution in [-0.2, 0) is 0 Å². The molecule has 0 fully saturated rings. The van der Waals surface area contributed by atoms with Crippen LogP contribution < -0.4 is 5.32 Å². The second-order valence-corrected chi connectivity index (χ2v) is 5.98. The summed E-state index contributed by atoms with van der Waals surface area (Å²) in [6.07, 6.45) is 0. The van der Waals surface area contributed by atoms with Gasteiger partial charge in [-0.3, -0.25) is 14.9 Å². The zero-order valence-electron chi connectivity index (χ0n) is 13.8. The summed E-state index contributed by atoms with van der Waals surface area (Å²) in [4.78, 5) is 22.8. The number of hydrogen-bond donors (Lipinski definition) is 2. The molecule has 2 N–H and O–H groups in total. The molecule has 2 aromatic carbocycles. The lowest BCUT2D eigenvalue weighted by Gasteiger charge is -2.16. The smallest absolute Gasteiger partial charge is 0.269 e. The maximum atomic E-state index is 12.4. The summed E-state index contributed by atoms with van der Waals surface area (Å²) in [7, 11) is 0. The molecule has 0 bridgehead atoms. The Bertz CT molecular complexity index is 771. The van der Waals surface area contributed by atoms with Crippen molar-refractivity contribution < 1.29 is 14.8 Å². The Labute approximate surface area is 140 Å². The van der Waals surface area contributed by atoms with Crippen LogP contribution in [0.5, 0.6) is 5.75 Å². The maximum absolute atomic E-state index is 12.4. The molecule has 0 aromatic heterocycles. The molecule has 0 aliphatic rings. The minimum Gasteiger partial charge on any atom is -0.507 e. The Kier molecular flexibility index (Phi) is 5.18. The number of aromatic hydroxyl groups is 1. The maximum Gasteiger partial charge on any atom is 0.269 e. The molecule has 0 saturated heterocycles. The summed E-state index contributed by atoms with van der Waals surface area (Å²) in [5.74, 6) is -0.288. The SMILES string of the molecule is CC(C)c1ccc(O)c(C(=O)NC(C)c2cccc([N+](=O)[O-])c2)c1. The normalized spacial score (nSPS) is 12.0. The van der Waals surface area contributed by atoms with Crippen LogP contribution >= 0.6 is 0 Å². The van der Waals surface area contributed by atoms with Gasteiger partial charge in [0.2, 0.25) is 0 Å². The fraction of sp³-hybridized carbons (Fsp3) is 0.278. The number of phenolic OH excluding ortho intramolecular Hbond substituents is 1. The van der Waals surface area contributed by atoms with Crippen LogP contribution in [0.2, 0.25) is 0 Å². The molecular weight excluding hydrogens is 308 g/mol. The Hall–Kier alpha value is -2.89. The van der Waals surface area contributed by atoms with Crippen molar-refractivity contribution in [2.45, 2.75) is 32.7 Å². The summed E-state index contributed by atoms with van der Waals surface area (Å²) in [5, 5.41) is 23.6. The number of amides is 1. The standard InChI is InChI=1S/C18H20N2O4/c1-11(2)13-7-8-17(21)16(10-13)18(22)19-12(3)14-5-4-6-15(9-14)20(23)24/h4-12,21H,1-3H3,(H,19,22). The molecule has 0 radical (unpaired) electrons. The van der Waals surface area contributed by atoms with Gasteiger partial charge in [-0.1, -0.05) is 32.0 Å². The summed E-state index contributed by atoms with van der Waals surface area (Å²) in [6.45, 7) is 5.74. The minimum absolute atomic E-state index is 0.0294. The van der Waals surface area contributed by atoms with Gasteiger partial charge < -0.3 is 10.4 Å². The number of nitrogens with one attached hydrogen (secondary N) is 1. The quantitative estimate of drug-likeness (QED) is 0.643. The first-order valence-corrected chi connectivity index (χ1v) is 7.67. The Morgan fingerprint density at radius 3 is 2.46 bits per heavy atom. The predicted molar refractivity (Wildman–Crippen MR) is 91.2 cm³/mol. The molecule has 0 heterocycles. The number of non-ortho nitro benzene ring substituents is 1. The number of carbonyl (C=O) groups is 1. The number of nitro groups is 1. The zero-order chi connectivity index (χ0) is 17.9. The number of nitro benzene ring substituents is 1. The van der Waals surface area contributed by atoms with Crippen molar-refractivity contribution in [2.75, 3.05) is 0 Å². The topological polar surface area (TPSA) is 92.5 Å². The van der Waals surface area contributed by atoms with E-state index in [1.165, 1.54) is 18.2 Å². The number of phenols is 1. The molecule has 6 heteroatoms. The molecule has 1 unspecified atom stereocenters. The van der Waals surface area contributed by atoms with E-state index in [1.807, 2.05) is 13.8 Å². The number of carbonyl (C=O) groups excluding carboxylic acids is 1. The van der Waals surface area contributed by atoms with Crippen LogP contribution in [0.25, 0.3) is 0 Å². The van der Waals surface area contributed by atoms with Crippen LogP contribution in [0.1, 0.15) is 54.2 Å². The van der Waals surface area contributed by atoms with Crippen LogP contribution in [0.3, 0.4) is 0 Å². The molecule has 6 nitrogen and oxygen atoms in total. The molecule has 0 aliphatic heterocycles. The van der Waals surface area contributed by atoms with E-state index < -0.39 is 16.9 Å². The van der Waals surface area contributed by atoms with E-state index in [0.717, 1.165) is 5.56 Å². The van der Waals surface area contributed by atoms with Crippen molar-refractivity contribution in [3.8, 4) is 5.75 Å². The van der Waals surface area contributed by atoms with E-state index in [-0.39, 0.29) is 22.9 Å². The molecule has 2 rings (SSSR count). The van der Waals surface area contributed by atoms with Crippen LogP contribution in [0, 0.1) is 10.1 Å². The number of benzene rings is 2. The van der Waals surface area contributed by atoms with E-state index >= 15 is 0 Å². The van der Waals surface area contributed by atoms with Crippen molar-refractivity contribution in [3.05, 3.63) is 69.3 Å². The highest BCUT2D eigenvalue weighted by Crippen LogP contribution is 2.25. The third kappa shape index (κ3) is 3.90. The summed E-state index contributed by atoms with van der Waals surface area (Å²) < 4.78 is 0. The van der Waals surface area contributed by atoms with Gasteiger partial charge in [0.15, 0.2) is 0 Å². The first-order valence-electron chi connectivity index (χ1n) is 7.67. The van der Waals surface area contributed by atoms with Crippen molar-refractivity contribution in [1.29, 1.82) is 0 Å². The number of nitrogens with zero attached hydrogens (tertiary/aromatic N) is 1. The predicted octanol–water partition coefficient (Wildman–Crippen LogP) is 3.91. The third-order valence-electron chi connectivity index (χ3n) is 3.86. The van der Waals surface area contributed by atoms with E-state index in [4.69, 9.17) is 0 Å². The Morgan fingerprint density at radius 1 is 1.12 bits per heavy atom. The summed E-state index contributed by atoms with van der Waals surface area (Å²) in [5.41, 5.74) is 1.73. The third-order valence-corrected chi connectivity index (χ3v) is 3.86. The first kappa shape index (κ1) is 17.5. The highest BCUT2D eigenvalue weighted by molar-refractivity contribution is 5.97. The molecular formula is C18H20N2O4. The first-order chi connectivity index (χ1) is 11.3. The van der Waals surface area contributed by atoms with Gasteiger partial charge in [-0.25, -0.2) is 0 Å². The lowest BCUT2D eigenvalue weighted by Crippen LogP contribution is -2.26. The van der Waals surface area contributed by atoms with Crippen molar-refractivity contribution >= 4 is 11.6 Å². The summed E-state index contributed by atoms with van der Waals surface area (Å²) >= 11 is 0. The highest BCUT2D eigenvalue weighted by Gasteiger charge is 2.17. The molecule has 0 saturated carbocycles. The second kappa shape index (κ2) is 7.12. The molecule has 0 aliphatic carbocycles. The Morgan fingerprint density at radius 2 is 1.83 bits per heavy atom. The van der Waals surface area contributed by atoms with Crippen LogP contribution in [0.15, 0.2) is 42.5 Å². The highest BCUT2D eigenvalue weighted by atomic mass is 16.6. The fourth-order valence-electron chi connectivity index (χ4n) is 2.36. The summed E-state index contributed by atoms with van der Waals surface area (Å²) in [6, 6.07) is 10.6. The van der Waals surface area contributed by atoms with Crippen LogP contribution in [0.4, 0.5) is 5.69 Å². The Balaban J connectivity index is 2.21. The molecule has 0 spiro atoms. The lowest BCUT2D eigenvalue weighted by atomic mass is 9.99. The molecule has 24 heavy (non-hydrogen) atoms. The van der Waals surface area contributed by atoms with E-state index in [0.29, 0.717) is 5.56 Å². The van der Waals surface area contributed by atoms with Crippen molar-refractivity contribution in [2.24, 2.45) is 0 Å². The zero-order valence-corrected chi connectivity index (χ0v) is 13.8. The average Bonchev–Trinajstić information content (AvgIpc) is 2.54. The van der Waals surface area contributed by atoms with Gasteiger partial charge in [0.25, 0.3) is 11.6 Å². The van der Waals surface area contributed by atoms with Crippen molar-refractivity contribution in [3.63, 3.8) is 0 Å². The van der Waals surface area contributed by atoms with E-state index in [9.17, 15) is 20.0 Å². The largest absolute Gasteiger partial charge is 0.507 e. The molecule has 1 atom stereocenters. The fourth-order valence-corrected chi connectivity index (χ4v) is 2.36. The van der Waals surface area contributed by atoms with Gasteiger partial charge in [0, 0.05) is 12.1 Å². The van der Waals surface area contributed by atoms with Gasteiger partial charge in [0.05, 0.1) is 16.5 Å². The van der Waals surface area contributed by atoms with Gasteiger partial charge in [0.1, 0.15) is 5.75 Å².